The molecule has 0 amide bonds. The van der Waals surface area contributed by atoms with Crippen molar-refractivity contribution in [3.05, 3.63) is 88.3 Å². The van der Waals surface area contributed by atoms with Crippen LogP contribution in [0.15, 0.2) is 76.1 Å². The number of phenols is 2. The number of aromatic hydroxyl groups is 2. The van der Waals surface area contributed by atoms with E-state index in [1.807, 2.05) is 12.1 Å². The highest BCUT2D eigenvalue weighted by atomic mass is 16.5. The molecule has 0 bridgehead atoms. The highest BCUT2D eigenvalue weighted by Gasteiger charge is 2.26. The van der Waals surface area contributed by atoms with Gasteiger partial charge in [-0.25, -0.2) is 0 Å². The quantitative estimate of drug-likeness (QED) is 0.456. The molecule has 1 atom stereocenters. The van der Waals surface area contributed by atoms with E-state index in [1.165, 1.54) is 19.4 Å². The average Bonchev–Trinajstić information content (AvgIpc) is 2.83. The monoisotopic (exact) mass is 448 g/mol. The zero-order valence-electron chi connectivity index (χ0n) is 18.3. The van der Waals surface area contributed by atoms with E-state index in [4.69, 9.17) is 18.6 Å². The van der Waals surface area contributed by atoms with E-state index in [2.05, 4.69) is 0 Å². The van der Waals surface area contributed by atoms with Crippen molar-refractivity contribution in [1.29, 1.82) is 0 Å². The molecule has 0 saturated heterocycles. The first-order chi connectivity index (χ1) is 16.0. The van der Waals surface area contributed by atoms with Gasteiger partial charge in [-0.2, -0.15) is 0 Å². The van der Waals surface area contributed by atoms with Gasteiger partial charge in [0.2, 0.25) is 0 Å². The molecule has 7 nitrogen and oxygen atoms in total. The number of ether oxygens (including phenoxy) is 3. The number of benzene rings is 3. The molecule has 3 aromatic carbocycles. The molecule has 0 aliphatic carbocycles. The van der Waals surface area contributed by atoms with Crippen molar-refractivity contribution in [2.75, 3.05) is 14.2 Å². The van der Waals surface area contributed by atoms with E-state index in [9.17, 15) is 15.0 Å². The summed E-state index contributed by atoms with van der Waals surface area (Å²) in [4.78, 5) is 11.4. The van der Waals surface area contributed by atoms with Gasteiger partial charge in [-0.15, -0.1) is 0 Å². The number of fused-ring (bicyclic) bond motifs is 2. The lowest BCUT2D eigenvalue weighted by Gasteiger charge is -2.28. The molecule has 1 aliphatic rings. The van der Waals surface area contributed by atoms with Crippen molar-refractivity contribution < 1.29 is 28.8 Å². The minimum absolute atomic E-state index is 0.0845. The molecule has 0 radical (unpaired) electrons. The summed E-state index contributed by atoms with van der Waals surface area (Å²) in [6, 6.07) is 17.0. The van der Waals surface area contributed by atoms with Crippen LogP contribution in [-0.4, -0.2) is 24.4 Å². The molecule has 0 spiro atoms. The Kier molecular flexibility index (Phi) is 6.40. The van der Waals surface area contributed by atoms with E-state index in [1.54, 1.807) is 49.6 Å². The summed E-state index contributed by atoms with van der Waals surface area (Å²) >= 11 is 0. The Hall–Kier alpha value is -4.13. The second kappa shape index (κ2) is 9.56. The minimum Gasteiger partial charge on any atom is -0.508 e. The maximum Gasteiger partial charge on any atom is 0.196 e. The van der Waals surface area contributed by atoms with Crippen molar-refractivity contribution in [1.82, 2.24) is 0 Å². The molecule has 1 unspecified atom stereocenters. The Morgan fingerprint density at radius 3 is 2.48 bits per heavy atom. The normalized spacial score (nSPS) is 14.4. The smallest absolute Gasteiger partial charge is 0.196 e. The Balaban J connectivity index is 0.000000172. The van der Waals surface area contributed by atoms with Crippen LogP contribution in [0, 0.1) is 0 Å². The molecule has 2 heterocycles. The second-order valence-corrected chi connectivity index (χ2v) is 7.45. The zero-order valence-corrected chi connectivity index (χ0v) is 18.3. The summed E-state index contributed by atoms with van der Waals surface area (Å²) < 4.78 is 21.4. The van der Waals surface area contributed by atoms with Crippen LogP contribution in [0.25, 0.3) is 11.0 Å². The van der Waals surface area contributed by atoms with Gasteiger partial charge in [-0.1, -0.05) is 24.3 Å². The summed E-state index contributed by atoms with van der Waals surface area (Å²) in [6.07, 6.45) is 2.70. The van der Waals surface area contributed by atoms with Gasteiger partial charge >= 0.3 is 0 Å². The second-order valence-electron chi connectivity index (χ2n) is 7.45. The lowest BCUT2D eigenvalue weighted by atomic mass is 9.96. The zero-order chi connectivity index (χ0) is 23.4. The van der Waals surface area contributed by atoms with Gasteiger partial charge in [0.1, 0.15) is 45.8 Å². The summed E-state index contributed by atoms with van der Waals surface area (Å²) in [7, 11) is 3.10. The highest BCUT2D eigenvalue weighted by molar-refractivity contribution is 5.82. The van der Waals surface area contributed by atoms with Crippen LogP contribution in [0.3, 0.4) is 0 Å². The molecule has 4 aromatic rings. The molecular formula is C26H24O7. The largest absolute Gasteiger partial charge is 0.508 e. The average molecular weight is 448 g/mol. The standard InChI is InChI=1S/C16H16O4.C10H8O3/c1-19-15-8-10(17)9-16-12(15)6-7-14(20-16)11-4-2-3-5-13(11)18;1-12-8-3-2-4-9-10(8)7(11)5-6-13-9/h2-5,8-9,14,17-18H,6-7H2,1H3;2-6H,1H3. The Bertz CT molecular complexity index is 1320. The molecule has 5 rings (SSSR count). The summed E-state index contributed by atoms with van der Waals surface area (Å²) in [6.45, 7) is 0. The SMILES string of the molecule is COc1cc(O)cc2c1CCC(c1ccccc1O)O2.COc1cccc2occc(=O)c12. The first-order valence-electron chi connectivity index (χ1n) is 10.4. The maximum atomic E-state index is 11.4. The number of hydrogen-bond acceptors (Lipinski definition) is 7. The van der Waals surface area contributed by atoms with Gasteiger partial charge in [0.25, 0.3) is 0 Å². The van der Waals surface area contributed by atoms with Crippen molar-refractivity contribution in [2.24, 2.45) is 0 Å². The number of hydrogen-bond donors (Lipinski definition) is 2. The lowest BCUT2D eigenvalue weighted by Crippen LogP contribution is -2.15. The van der Waals surface area contributed by atoms with Crippen molar-refractivity contribution in [3.8, 4) is 28.7 Å². The Morgan fingerprint density at radius 1 is 0.939 bits per heavy atom. The third kappa shape index (κ3) is 4.57. The van der Waals surface area contributed by atoms with Crippen LogP contribution in [-0.2, 0) is 6.42 Å². The molecule has 7 heteroatoms. The van der Waals surface area contributed by atoms with E-state index >= 15 is 0 Å². The third-order valence-corrected chi connectivity index (χ3v) is 5.45. The predicted molar refractivity (Wildman–Crippen MR) is 123 cm³/mol. The fourth-order valence-corrected chi connectivity index (χ4v) is 3.88. The van der Waals surface area contributed by atoms with Crippen LogP contribution < -0.4 is 19.6 Å². The van der Waals surface area contributed by atoms with E-state index in [0.29, 0.717) is 28.2 Å². The van der Waals surface area contributed by atoms with Crippen molar-refractivity contribution in [2.45, 2.75) is 18.9 Å². The van der Waals surface area contributed by atoms with Crippen LogP contribution in [0.4, 0.5) is 0 Å². The molecule has 0 fully saturated rings. The van der Waals surface area contributed by atoms with Crippen LogP contribution in [0.5, 0.6) is 28.7 Å². The highest BCUT2D eigenvalue weighted by Crippen LogP contribution is 2.43. The maximum absolute atomic E-state index is 11.4. The van der Waals surface area contributed by atoms with Crippen molar-refractivity contribution >= 4 is 11.0 Å². The fraction of sp³-hybridized carbons (Fsp3) is 0.192. The molecule has 1 aromatic heterocycles. The van der Waals surface area contributed by atoms with Crippen LogP contribution in [0.2, 0.25) is 0 Å². The van der Waals surface area contributed by atoms with E-state index in [0.717, 1.165) is 24.0 Å². The number of para-hydroxylation sites is 1. The molecule has 170 valence electrons. The fourth-order valence-electron chi connectivity index (χ4n) is 3.88. The van der Waals surface area contributed by atoms with Crippen LogP contribution in [0.1, 0.15) is 23.7 Å². The lowest BCUT2D eigenvalue weighted by molar-refractivity contribution is 0.170. The summed E-state index contributed by atoms with van der Waals surface area (Å²) in [5, 5.41) is 20.1. The topological polar surface area (TPSA) is 98.4 Å². The number of phenolic OH excluding ortho intramolecular Hbond substituents is 2. The van der Waals surface area contributed by atoms with E-state index in [-0.39, 0.29) is 23.0 Å². The molecular weight excluding hydrogens is 424 g/mol. The number of rotatable bonds is 3. The Labute approximate surface area is 190 Å². The minimum atomic E-state index is -0.213. The first kappa shape index (κ1) is 22.1. The molecule has 0 saturated carbocycles. The van der Waals surface area contributed by atoms with E-state index < -0.39 is 0 Å². The summed E-state index contributed by atoms with van der Waals surface area (Å²) in [5.41, 5.74) is 2.18. The summed E-state index contributed by atoms with van der Waals surface area (Å²) in [5.74, 6) is 2.13. The van der Waals surface area contributed by atoms with Gasteiger partial charge in [-0.05, 0) is 31.0 Å². The van der Waals surface area contributed by atoms with Gasteiger partial charge in [0.15, 0.2) is 5.43 Å². The molecule has 1 aliphatic heterocycles. The predicted octanol–water partition coefficient (Wildman–Crippen LogP) is 4.97. The first-order valence-corrected chi connectivity index (χ1v) is 10.4. The van der Waals surface area contributed by atoms with Gasteiger partial charge < -0.3 is 28.8 Å². The van der Waals surface area contributed by atoms with Gasteiger partial charge in [-0.3, -0.25) is 4.79 Å². The van der Waals surface area contributed by atoms with Gasteiger partial charge in [0.05, 0.1) is 20.5 Å². The third-order valence-electron chi connectivity index (χ3n) is 5.45. The van der Waals surface area contributed by atoms with Crippen molar-refractivity contribution in [3.63, 3.8) is 0 Å². The Morgan fingerprint density at radius 2 is 1.73 bits per heavy atom. The van der Waals surface area contributed by atoms with Crippen LogP contribution >= 0.6 is 0 Å². The molecule has 2 N–H and O–H groups in total. The number of methoxy groups -OCH3 is 2. The van der Waals surface area contributed by atoms with Gasteiger partial charge in [0, 0.05) is 29.3 Å². The molecule has 33 heavy (non-hydrogen) atoms.